The molecule has 0 spiro atoms. The predicted octanol–water partition coefficient (Wildman–Crippen LogP) is 3.83. The molecular formula is C11H18BrNOS. The van der Waals surface area contributed by atoms with Crippen LogP contribution < -0.4 is 5.32 Å². The topological polar surface area (TPSA) is 25.2 Å². The fourth-order valence-electron chi connectivity index (χ4n) is 1.45. The molecule has 15 heavy (non-hydrogen) atoms. The zero-order valence-electron chi connectivity index (χ0n) is 9.42. The van der Waals surface area contributed by atoms with E-state index in [1.54, 1.807) is 0 Å². The molecule has 1 aromatic heterocycles. The minimum atomic E-state index is 0.271. The molecule has 0 radical (unpaired) electrons. The van der Waals surface area contributed by atoms with Crippen molar-refractivity contribution in [1.82, 2.24) is 5.32 Å². The maximum atomic E-state index is 5.50. The van der Waals surface area contributed by atoms with Crippen molar-refractivity contribution < 1.29 is 4.42 Å². The highest BCUT2D eigenvalue weighted by molar-refractivity contribution is 9.10. The van der Waals surface area contributed by atoms with Gasteiger partial charge in [-0.2, -0.15) is 11.8 Å². The Morgan fingerprint density at radius 3 is 2.73 bits per heavy atom. The van der Waals surface area contributed by atoms with Crippen molar-refractivity contribution >= 4 is 27.7 Å². The minimum absolute atomic E-state index is 0.271. The Balaban J connectivity index is 2.38. The molecule has 86 valence electrons. The van der Waals surface area contributed by atoms with Crippen LogP contribution in [0.5, 0.6) is 0 Å². The smallest absolute Gasteiger partial charge is 0.169 e. The summed E-state index contributed by atoms with van der Waals surface area (Å²) in [6.45, 7) is 4.34. The van der Waals surface area contributed by atoms with Gasteiger partial charge in [0.15, 0.2) is 4.67 Å². The largest absolute Gasteiger partial charge is 0.453 e. The fraction of sp³-hybridized carbons (Fsp3) is 0.636. The van der Waals surface area contributed by atoms with E-state index in [9.17, 15) is 0 Å². The van der Waals surface area contributed by atoms with Crippen molar-refractivity contribution in [3.8, 4) is 0 Å². The molecule has 4 heteroatoms. The van der Waals surface area contributed by atoms with E-state index in [2.05, 4.69) is 41.3 Å². The van der Waals surface area contributed by atoms with Gasteiger partial charge in [0.25, 0.3) is 0 Å². The second-order valence-corrected chi connectivity index (χ2v) is 5.48. The third-order valence-electron chi connectivity index (χ3n) is 2.31. The van der Waals surface area contributed by atoms with Crippen molar-refractivity contribution in [2.24, 2.45) is 0 Å². The van der Waals surface area contributed by atoms with Crippen LogP contribution >= 0.6 is 27.7 Å². The van der Waals surface area contributed by atoms with Crippen LogP contribution in [-0.4, -0.2) is 18.1 Å². The highest BCUT2D eigenvalue weighted by Crippen LogP contribution is 2.20. The summed E-state index contributed by atoms with van der Waals surface area (Å²) in [5, 5.41) is 3.52. The number of hydrogen-bond acceptors (Lipinski definition) is 3. The summed E-state index contributed by atoms with van der Waals surface area (Å²) in [6, 6.07) is 4.73. The first kappa shape index (κ1) is 13.1. The van der Waals surface area contributed by atoms with Crippen LogP contribution in [0.25, 0.3) is 0 Å². The molecule has 0 aliphatic carbocycles. The SMILES string of the molecule is CSCCC(C)NC(C)c1ccc(Br)o1. The minimum Gasteiger partial charge on any atom is -0.453 e. The van der Waals surface area contributed by atoms with Gasteiger partial charge >= 0.3 is 0 Å². The third kappa shape index (κ3) is 4.62. The summed E-state index contributed by atoms with van der Waals surface area (Å²) >= 11 is 5.20. The number of rotatable bonds is 6. The van der Waals surface area contributed by atoms with Gasteiger partial charge in [0.2, 0.25) is 0 Å². The summed E-state index contributed by atoms with van der Waals surface area (Å²) in [6.07, 6.45) is 3.33. The molecule has 2 nitrogen and oxygen atoms in total. The van der Waals surface area contributed by atoms with Crippen molar-refractivity contribution in [2.75, 3.05) is 12.0 Å². The van der Waals surface area contributed by atoms with Gasteiger partial charge in [-0.3, -0.25) is 0 Å². The first-order chi connectivity index (χ1) is 7.13. The Morgan fingerprint density at radius 1 is 1.47 bits per heavy atom. The van der Waals surface area contributed by atoms with Crippen LogP contribution in [0.15, 0.2) is 21.2 Å². The van der Waals surface area contributed by atoms with Gasteiger partial charge in [0.05, 0.1) is 6.04 Å². The van der Waals surface area contributed by atoms with E-state index in [4.69, 9.17) is 4.42 Å². The molecule has 0 amide bonds. The third-order valence-corrected chi connectivity index (χ3v) is 3.38. The van der Waals surface area contributed by atoms with E-state index in [0.29, 0.717) is 6.04 Å². The molecule has 0 aliphatic rings. The fourth-order valence-corrected chi connectivity index (χ4v) is 2.36. The molecular weight excluding hydrogens is 274 g/mol. The van der Waals surface area contributed by atoms with Gasteiger partial charge in [0.1, 0.15) is 5.76 Å². The van der Waals surface area contributed by atoms with Crippen LogP contribution in [0.2, 0.25) is 0 Å². The second kappa shape index (κ2) is 6.61. The number of furan rings is 1. The number of halogens is 1. The molecule has 0 saturated heterocycles. The molecule has 0 fully saturated rings. The molecule has 0 aliphatic heterocycles. The van der Waals surface area contributed by atoms with Gasteiger partial charge in [-0.1, -0.05) is 0 Å². The first-order valence-corrected chi connectivity index (χ1v) is 7.32. The van der Waals surface area contributed by atoms with Gasteiger partial charge in [-0.25, -0.2) is 0 Å². The summed E-state index contributed by atoms with van der Waals surface area (Å²) in [7, 11) is 0. The molecule has 0 aromatic carbocycles. The quantitative estimate of drug-likeness (QED) is 0.862. The van der Waals surface area contributed by atoms with Crippen molar-refractivity contribution in [1.29, 1.82) is 0 Å². The second-order valence-electron chi connectivity index (χ2n) is 3.71. The molecule has 1 aromatic rings. The van der Waals surface area contributed by atoms with Crippen molar-refractivity contribution in [2.45, 2.75) is 32.4 Å². The molecule has 0 saturated carbocycles. The number of nitrogens with one attached hydrogen (secondary N) is 1. The van der Waals surface area contributed by atoms with E-state index in [1.807, 2.05) is 23.9 Å². The normalized spacial score (nSPS) is 15.2. The molecule has 2 unspecified atom stereocenters. The molecule has 2 atom stereocenters. The van der Waals surface area contributed by atoms with Crippen molar-refractivity contribution in [3.63, 3.8) is 0 Å². The van der Waals surface area contributed by atoms with Gasteiger partial charge < -0.3 is 9.73 Å². The van der Waals surface area contributed by atoms with Crippen LogP contribution in [0, 0.1) is 0 Å². The summed E-state index contributed by atoms with van der Waals surface area (Å²) < 4.78 is 6.29. The van der Waals surface area contributed by atoms with E-state index in [0.717, 1.165) is 10.4 Å². The van der Waals surface area contributed by atoms with E-state index in [-0.39, 0.29) is 6.04 Å². The van der Waals surface area contributed by atoms with Gasteiger partial charge in [-0.05, 0) is 60.3 Å². The number of thioether (sulfide) groups is 1. The highest BCUT2D eigenvalue weighted by atomic mass is 79.9. The molecule has 1 N–H and O–H groups in total. The lowest BCUT2D eigenvalue weighted by Gasteiger charge is -2.17. The Kier molecular flexibility index (Phi) is 5.79. The molecule has 0 bridgehead atoms. The predicted molar refractivity (Wildman–Crippen MR) is 70.4 cm³/mol. The molecule has 1 rings (SSSR count). The monoisotopic (exact) mass is 291 g/mol. The van der Waals surface area contributed by atoms with Crippen LogP contribution in [0.1, 0.15) is 32.1 Å². The van der Waals surface area contributed by atoms with Crippen LogP contribution in [0.3, 0.4) is 0 Å². The Bertz CT molecular complexity index is 290. The zero-order chi connectivity index (χ0) is 11.3. The van der Waals surface area contributed by atoms with Gasteiger partial charge in [-0.15, -0.1) is 0 Å². The van der Waals surface area contributed by atoms with E-state index in [1.165, 1.54) is 12.2 Å². The summed E-state index contributed by atoms with van der Waals surface area (Å²) in [4.78, 5) is 0. The molecule has 1 heterocycles. The maximum Gasteiger partial charge on any atom is 0.169 e. The average Bonchev–Trinajstić information content (AvgIpc) is 2.61. The summed E-state index contributed by atoms with van der Waals surface area (Å²) in [5.41, 5.74) is 0. The zero-order valence-corrected chi connectivity index (χ0v) is 11.8. The standard InChI is InChI=1S/C11H18BrNOS/c1-8(6-7-15-3)13-9(2)10-4-5-11(12)14-10/h4-5,8-9,13H,6-7H2,1-3H3. The van der Waals surface area contributed by atoms with Crippen LogP contribution in [-0.2, 0) is 0 Å². The Hall–Kier alpha value is 0.0700. The highest BCUT2D eigenvalue weighted by Gasteiger charge is 2.12. The average molecular weight is 292 g/mol. The first-order valence-electron chi connectivity index (χ1n) is 5.13. The lowest BCUT2D eigenvalue weighted by Crippen LogP contribution is -2.29. The van der Waals surface area contributed by atoms with Gasteiger partial charge in [0, 0.05) is 6.04 Å². The van der Waals surface area contributed by atoms with E-state index >= 15 is 0 Å². The Morgan fingerprint density at radius 2 is 2.20 bits per heavy atom. The lowest BCUT2D eigenvalue weighted by atomic mass is 10.2. The lowest BCUT2D eigenvalue weighted by molar-refractivity contribution is 0.387. The maximum absolute atomic E-state index is 5.50. The van der Waals surface area contributed by atoms with E-state index < -0.39 is 0 Å². The van der Waals surface area contributed by atoms with Crippen LogP contribution in [0.4, 0.5) is 0 Å². The summed E-state index contributed by atoms with van der Waals surface area (Å²) in [5.74, 6) is 2.18. The Labute approximate surface area is 104 Å². The van der Waals surface area contributed by atoms with Crippen molar-refractivity contribution in [3.05, 3.63) is 22.6 Å². The number of hydrogen-bond donors (Lipinski definition) is 1.